The molecule has 0 aliphatic rings. The quantitative estimate of drug-likeness (QED) is 0.517. The molecular formula is C25H30N2O. The summed E-state index contributed by atoms with van der Waals surface area (Å²) in [6.07, 6.45) is 2.68. The van der Waals surface area contributed by atoms with Crippen LogP contribution in [0.15, 0.2) is 72.9 Å². The van der Waals surface area contributed by atoms with Gasteiger partial charge in [0, 0.05) is 31.4 Å². The van der Waals surface area contributed by atoms with Gasteiger partial charge < -0.3 is 9.47 Å². The van der Waals surface area contributed by atoms with E-state index in [1.807, 2.05) is 23.1 Å². The third-order valence-electron chi connectivity index (χ3n) is 5.03. The van der Waals surface area contributed by atoms with Crippen LogP contribution in [0.4, 0.5) is 0 Å². The first kappa shape index (κ1) is 19.9. The van der Waals surface area contributed by atoms with Crippen molar-refractivity contribution < 1.29 is 4.79 Å². The zero-order valence-electron chi connectivity index (χ0n) is 17.1. The van der Waals surface area contributed by atoms with E-state index >= 15 is 0 Å². The van der Waals surface area contributed by atoms with Gasteiger partial charge in [-0.05, 0) is 41.7 Å². The molecule has 0 fully saturated rings. The van der Waals surface area contributed by atoms with Crippen molar-refractivity contribution in [2.45, 2.75) is 46.8 Å². The summed E-state index contributed by atoms with van der Waals surface area (Å²) in [7, 11) is 0. The minimum atomic E-state index is 0.211. The molecule has 3 heteroatoms. The van der Waals surface area contributed by atoms with Gasteiger partial charge in [0.2, 0.25) is 5.91 Å². The van der Waals surface area contributed by atoms with Crippen LogP contribution in [-0.2, 0) is 24.4 Å². The van der Waals surface area contributed by atoms with Crippen LogP contribution in [0.3, 0.4) is 0 Å². The van der Waals surface area contributed by atoms with Gasteiger partial charge in [-0.15, -0.1) is 0 Å². The minimum Gasteiger partial charge on any atom is -0.345 e. The highest BCUT2D eigenvalue weighted by Crippen LogP contribution is 2.17. The second-order valence-corrected chi connectivity index (χ2v) is 7.89. The second-order valence-electron chi connectivity index (χ2n) is 7.89. The first-order valence-corrected chi connectivity index (χ1v) is 10.0. The summed E-state index contributed by atoms with van der Waals surface area (Å²) in [5.74, 6) is 0.562. The van der Waals surface area contributed by atoms with E-state index in [1.54, 1.807) is 0 Å². The Labute approximate surface area is 168 Å². The van der Waals surface area contributed by atoms with Gasteiger partial charge in [0.1, 0.15) is 0 Å². The Morgan fingerprint density at radius 1 is 0.929 bits per heavy atom. The third kappa shape index (κ3) is 5.35. The van der Waals surface area contributed by atoms with Crippen molar-refractivity contribution >= 4 is 5.91 Å². The minimum absolute atomic E-state index is 0.211. The lowest BCUT2D eigenvalue weighted by Crippen LogP contribution is -2.31. The molecule has 3 aromatic rings. The first-order valence-electron chi connectivity index (χ1n) is 10.0. The zero-order chi connectivity index (χ0) is 19.9. The molecule has 0 radical (unpaired) electrons. The smallest absolute Gasteiger partial charge is 0.223 e. The molecule has 0 aliphatic carbocycles. The van der Waals surface area contributed by atoms with E-state index in [0.29, 0.717) is 25.4 Å². The number of nitrogens with zero attached hydrogens (tertiary/aromatic N) is 2. The first-order chi connectivity index (χ1) is 13.5. The van der Waals surface area contributed by atoms with Crippen molar-refractivity contribution in [3.05, 3.63) is 95.3 Å². The fourth-order valence-corrected chi connectivity index (χ4v) is 3.43. The number of carbonyl (C=O) groups is 1. The van der Waals surface area contributed by atoms with Gasteiger partial charge in [-0.1, -0.05) is 68.4 Å². The number of carbonyl (C=O) groups excluding carboxylic acids is 1. The lowest BCUT2D eigenvalue weighted by atomic mass is 10.1. The summed E-state index contributed by atoms with van der Waals surface area (Å²) in [5.41, 5.74) is 4.93. The summed E-state index contributed by atoms with van der Waals surface area (Å²) in [4.78, 5) is 14.9. The number of rotatable bonds is 8. The second kappa shape index (κ2) is 9.41. The van der Waals surface area contributed by atoms with Crippen molar-refractivity contribution in [1.29, 1.82) is 0 Å². The van der Waals surface area contributed by atoms with Gasteiger partial charge in [0.25, 0.3) is 0 Å². The van der Waals surface area contributed by atoms with Crippen molar-refractivity contribution in [3.63, 3.8) is 0 Å². The lowest BCUT2D eigenvalue weighted by molar-refractivity contribution is -0.133. The van der Waals surface area contributed by atoms with Crippen molar-refractivity contribution in [3.8, 4) is 0 Å². The average molecular weight is 375 g/mol. The van der Waals surface area contributed by atoms with Gasteiger partial charge in [-0.3, -0.25) is 4.79 Å². The molecule has 0 unspecified atom stereocenters. The van der Waals surface area contributed by atoms with Gasteiger partial charge in [0.05, 0.1) is 6.54 Å². The van der Waals surface area contributed by atoms with E-state index < -0.39 is 0 Å². The molecule has 0 bridgehead atoms. The fourth-order valence-electron chi connectivity index (χ4n) is 3.43. The third-order valence-corrected chi connectivity index (χ3v) is 5.03. The number of aryl methyl sites for hydroxylation is 1. The fraction of sp³-hybridized carbons (Fsp3) is 0.320. The number of aromatic nitrogens is 1. The maximum absolute atomic E-state index is 12.9. The number of amides is 1. The largest absolute Gasteiger partial charge is 0.345 e. The van der Waals surface area contributed by atoms with E-state index in [-0.39, 0.29) is 5.91 Å². The molecule has 1 aromatic heterocycles. The van der Waals surface area contributed by atoms with Crippen molar-refractivity contribution in [2.75, 3.05) is 0 Å². The highest BCUT2D eigenvalue weighted by Gasteiger charge is 2.17. The Kier molecular flexibility index (Phi) is 6.70. The summed E-state index contributed by atoms with van der Waals surface area (Å²) in [5, 5.41) is 0. The molecule has 0 spiro atoms. The normalized spacial score (nSPS) is 11.0. The number of hydrogen-bond donors (Lipinski definition) is 0. The maximum Gasteiger partial charge on any atom is 0.223 e. The van der Waals surface area contributed by atoms with Crippen LogP contribution in [0.5, 0.6) is 0 Å². The molecule has 1 amide bonds. The Hall–Kier alpha value is -2.81. The van der Waals surface area contributed by atoms with Crippen molar-refractivity contribution in [2.24, 2.45) is 5.92 Å². The lowest BCUT2D eigenvalue weighted by Gasteiger charge is -2.25. The molecule has 3 rings (SSSR count). The van der Waals surface area contributed by atoms with Crippen LogP contribution >= 0.6 is 0 Å². The standard InChI is InChI=1S/C25H30N2O/c1-20(2)16-25(28)27(17-22-11-5-4-6-12-22)19-24-14-9-15-26(24)18-23-13-8-7-10-21(23)3/h4-15,20H,16-19H2,1-3H3. The van der Waals surface area contributed by atoms with E-state index in [9.17, 15) is 4.79 Å². The average Bonchev–Trinajstić information content (AvgIpc) is 3.10. The summed E-state index contributed by atoms with van der Waals surface area (Å²) in [6.45, 7) is 8.43. The van der Waals surface area contributed by atoms with Gasteiger partial charge in [-0.2, -0.15) is 0 Å². The van der Waals surface area contributed by atoms with E-state index in [4.69, 9.17) is 0 Å². The van der Waals surface area contributed by atoms with Crippen LogP contribution in [0.1, 0.15) is 42.7 Å². The topological polar surface area (TPSA) is 25.2 Å². The molecule has 2 aromatic carbocycles. The van der Waals surface area contributed by atoms with E-state index in [2.05, 4.69) is 80.1 Å². The van der Waals surface area contributed by atoms with Gasteiger partial charge in [-0.25, -0.2) is 0 Å². The Bertz CT molecular complexity index is 896. The molecule has 0 saturated heterocycles. The molecular weight excluding hydrogens is 344 g/mol. The number of hydrogen-bond acceptors (Lipinski definition) is 1. The predicted molar refractivity (Wildman–Crippen MR) is 115 cm³/mol. The van der Waals surface area contributed by atoms with E-state index in [0.717, 1.165) is 17.8 Å². The SMILES string of the molecule is Cc1ccccc1Cn1cccc1CN(Cc1ccccc1)C(=O)CC(C)C. The van der Waals surface area contributed by atoms with Crippen LogP contribution in [0.2, 0.25) is 0 Å². The Balaban J connectivity index is 1.80. The molecule has 1 heterocycles. The van der Waals surface area contributed by atoms with Gasteiger partial charge >= 0.3 is 0 Å². The number of benzene rings is 2. The molecule has 0 N–H and O–H groups in total. The molecule has 146 valence electrons. The molecule has 0 atom stereocenters. The van der Waals surface area contributed by atoms with Gasteiger partial charge in [0.15, 0.2) is 0 Å². The van der Waals surface area contributed by atoms with Crippen LogP contribution in [0, 0.1) is 12.8 Å². The zero-order valence-corrected chi connectivity index (χ0v) is 17.1. The summed E-state index contributed by atoms with van der Waals surface area (Å²) >= 11 is 0. The van der Waals surface area contributed by atoms with Crippen LogP contribution in [-0.4, -0.2) is 15.4 Å². The van der Waals surface area contributed by atoms with Crippen LogP contribution in [0.25, 0.3) is 0 Å². The van der Waals surface area contributed by atoms with Crippen LogP contribution < -0.4 is 0 Å². The van der Waals surface area contributed by atoms with Crippen molar-refractivity contribution in [1.82, 2.24) is 9.47 Å². The molecule has 0 aliphatic heterocycles. The van der Waals surface area contributed by atoms with E-state index in [1.165, 1.54) is 11.1 Å². The monoisotopic (exact) mass is 374 g/mol. The highest BCUT2D eigenvalue weighted by molar-refractivity contribution is 5.76. The molecule has 0 saturated carbocycles. The Morgan fingerprint density at radius 3 is 2.36 bits per heavy atom. The predicted octanol–water partition coefficient (Wildman–Crippen LogP) is 5.42. The Morgan fingerprint density at radius 2 is 1.64 bits per heavy atom. The highest BCUT2D eigenvalue weighted by atomic mass is 16.2. The summed E-state index contributed by atoms with van der Waals surface area (Å²) < 4.78 is 2.25. The summed E-state index contributed by atoms with van der Waals surface area (Å²) in [6, 6.07) is 22.9. The maximum atomic E-state index is 12.9. The molecule has 3 nitrogen and oxygen atoms in total. The molecule has 28 heavy (non-hydrogen) atoms.